The number of anilines is 2. The van der Waals surface area contributed by atoms with Crippen molar-refractivity contribution in [2.45, 2.75) is 27.2 Å². The van der Waals surface area contributed by atoms with Crippen molar-refractivity contribution in [1.29, 1.82) is 0 Å². The van der Waals surface area contributed by atoms with Crippen molar-refractivity contribution in [2.75, 3.05) is 16.8 Å². The SMILES string of the molecule is Cc1ccc(-c2csc(-n3nc(C)cc3NC(=O)C3CC(=O)N(c4ccccc4C)C3)n2)cc1. The van der Waals surface area contributed by atoms with Gasteiger partial charge in [-0.3, -0.25) is 9.59 Å². The highest BCUT2D eigenvalue weighted by Gasteiger charge is 2.36. The van der Waals surface area contributed by atoms with Gasteiger partial charge in [-0.2, -0.15) is 9.78 Å². The van der Waals surface area contributed by atoms with Gasteiger partial charge in [0.1, 0.15) is 5.82 Å². The first-order valence-corrected chi connectivity index (χ1v) is 12.0. The lowest BCUT2D eigenvalue weighted by Crippen LogP contribution is -2.29. The number of aromatic nitrogens is 3. The molecule has 1 atom stereocenters. The number of amides is 2. The number of hydrogen-bond acceptors (Lipinski definition) is 5. The number of aryl methyl sites for hydroxylation is 3. The highest BCUT2D eigenvalue weighted by molar-refractivity contribution is 7.12. The van der Waals surface area contributed by atoms with E-state index in [0.717, 1.165) is 28.2 Å². The van der Waals surface area contributed by atoms with Gasteiger partial charge < -0.3 is 10.2 Å². The van der Waals surface area contributed by atoms with E-state index < -0.39 is 5.92 Å². The molecule has 0 saturated carbocycles. The predicted octanol–water partition coefficient (Wildman–Crippen LogP) is 4.91. The molecule has 1 aliphatic rings. The molecule has 0 bridgehead atoms. The van der Waals surface area contributed by atoms with Crippen LogP contribution in [0.5, 0.6) is 0 Å². The monoisotopic (exact) mass is 471 g/mol. The van der Waals surface area contributed by atoms with E-state index in [1.165, 1.54) is 16.9 Å². The first-order valence-electron chi connectivity index (χ1n) is 11.2. The fraction of sp³-hybridized carbons (Fsp3) is 0.231. The quantitative estimate of drug-likeness (QED) is 0.448. The van der Waals surface area contributed by atoms with Gasteiger partial charge in [-0.1, -0.05) is 48.0 Å². The van der Waals surface area contributed by atoms with Gasteiger partial charge in [-0.05, 0) is 32.4 Å². The van der Waals surface area contributed by atoms with Gasteiger partial charge in [0.05, 0.1) is 17.3 Å². The fourth-order valence-electron chi connectivity index (χ4n) is 4.16. The van der Waals surface area contributed by atoms with Crippen LogP contribution in [0.25, 0.3) is 16.4 Å². The summed E-state index contributed by atoms with van der Waals surface area (Å²) in [5.41, 5.74) is 5.72. The highest BCUT2D eigenvalue weighted by Crippen LogP contribution is 2.30. The van der Waals surface area contributed by atoms with Crippen LogP contribution in [0.3, 0.4) is 0 Å². The van der Waals surface area contributed by atoms with Crippen molar-refractivity contribution in [3.63, 3.8) is 0 Å². The lowest BCUT2D eigenvalue weighted by molar-refractivity contribution is -0.122. The summed E-state index contributed by atoms with van der Waals surface area (Å²) in [6.45, 7) is 6.25. The maximum Gasteiger partial charge on any atom is 0.230 e. The summed E-state index contributed by atoms with van der Waals surface area (Å²) in [4.78, 5) is 32.2. The van der Waals surface area contributed by atoms with E-state index >= 15 is 0 Å². The molecule has 1 unspecified atom stereocenters. The van der Waals surface area contributed by atoms with Crippen LogP contribution in [0, 0.1) is 26.7 Å². The zero-order valence-corrected chi connectivity index (χ0v) is 20.1. The minimum Gasteiger partial charge on any atom is -0.311 e. The van der Waals surface area contributed by atoms with E-state index in [0.29, 0.717) is 17.5 Å². The van der Waals surface area contributed by atoms with Gasteiger partial charge in [0.15, 0.2) is 0 Å². The number of thiazole rings is 1. The van der Waals surface area contributed by atoms with Crippen LogP contribution in [0.1, 0.15) is 23.2 Å². The molecule has 7 nitrogen and oxygen atoms in total. The van der Waals surface area contributed by atoms with Gasteiger partial charge in [0.25, 0.3) is 0 Å². The first kappa shape index (κ1) is 22.0. The summed E-state index contributed by atoms with van der Waals surface area (Å²) in [5, 5.41) is 10.2. The molecule has 2 aromatic carbocycles. The second kappa shape index (κ2) is 8.87. The van der Waals surface area contributed by atoms with Crippen LogP contribution in [0.15, 0.2) is 60.0 Å². The summed E-state index contributed by atoms with van der Waals surface area (Å²) in [6.07, 6.45) is 0.183. The fourth-order valence-corrected chi connectivity index (χ4v) is 4.96. The second-order valence-corrected chi connectivity index (χ2v) is 9.48. The highest BCUT2D eigenvalue weighted by atomic mass is 32.1. The molecule has 2 aromatic heterocycles. The third-order valence-electron chi connectivity index (χ3n) is 6.01. The molecule has 2 amide bonds. The molecular formula is C26H25N5O2S. The standard InChI is InChI=1S/C26H25N5O2S/c1-16-8-10-19(11-9-16)21-15-34-26(27-21)31-23(12-18(3)29-31)28-25(33)20-13-24(32)30(14-20)22-7-5-4-6-17(22)2/h4-12,15,20H,13-14H2,1-3H3,(H,28,33). The van der Waals surface area contributed by atoms with Gasteiger partial charge in [-0.15, -0.1) is 11.3 Å². The summed E-state index contributed by atoms with van der Waals surface area (Å²) < 4.78 is 1.66. The van der Waals surface area contributed by atoms with Crippen molar-refractivity contribution >= 4 is 34.7 Å². The van der Waals surface area contributed by atoms with Crippen molar-refractivity contribution in [3.8, 4) is 16.4 Å². The molecule has 0 aliphatic carbocycles. The number of carbonyl (C=O) groups is 2. The van der Waals surface area contributed by atoms with Crippen LogP contribution >= 0.6 is 11.3 Å². The number of carbonyl (C=O) groups excluding carboxylic acids is 2. The number of nitrogens with zero attached hydrogens (tertiary/aromatic N) is 4. The topological polar surface area (TPSA) is 80.1 Å². The Bertz CT molecular complexity index is 1370. The molecule has 172 valence electrons. The van der Waals surface area contributed by atoms with E-state index in [1.54, 1.807) is 9.58 Å². The number of benzene rings is 2. The Morgan fingerprint density at radius 3 is 2.62 bits per heavy atom. The number of nitrogens with one attached hydrogen (secondary N) is 1. The predicted molar refractivity (Wildman–Crippen MR) is 134 cm³/mol. The van der Waals surface area contributed by atoms with Gasteiger partial charge >= 0.3 is 0 Å². The summed E-state index contributed by atoms with van der Waals surface area (Å²) >= 11 is 1.46. The van der Waals surface area contributed by atoms with Crippen LogP contribution in [-0.2, 0) is 9.59 Å². The third kappa shape index (κ3) is 4.24. The van der Waals surface area contributed by atoms with E-state index in [9.17, 15) is 9.59 Å². The lowest BCUT2D eigenvalue weighted by atomic mass is 10.1. The van der Waals surface area contributed by atoms with Crippen molar-refractivity contribution in [1.82, 2.24) is 14.8 Å². The Hall–Kier alpha value is -3.78. The third-order valence-corrected chi connectivity index (χ3v) is 6.82. The normalized spacial score (nSPS) is 15.7. The summed E-state index contributed by atoms with van der Waals surface area (Å²) in [6, 6.07) is 17.8. The molecule has 3 heterocycles. The molecule has 4 aromatic rings. The van der Waals surface area contributed by atoms with Crippen LogP contribution in [0.2, 0.25) is 0 Å². The first-order chi connectivity index (χ1) is 16.4. The van der Waals surface area contributed by atoms with E-state index in [2.05, 4.69) is 29.5 Å². The van der Waals surface area contributed by atoms with Crippen LogP contribution in [-0.4, -0.2) is 33.1 Å². The molecule has 8 heteroatoms. The molecule has 5 rings (SSSR count). The number of para-hydroxylation sites is 1. The average Bonchev–Trinajstić information content (AvgIpc) is 3.53. The van der Waals surface area contributed by atoms with E-state index in [-0.39, 0.29) is 18.2 Å². The Morgan fingerprint density at radius 2 is 1.85 bits per heavy atom. The Morgan fingerprint density at radius 1 is 1.09 bits per heavy atom. The molecule has 0 spiro atoms. The van der Waals surface area contributed by atoms with E-state index in [4.69, 9.17) is 4.98 Å². The largest absolute Gasteiger partial charge is 0.311 e. The zero-order valence-electron chi connectivity index (χ0n) is 19.3. The summed E-state index contributed by atoms with van der Waals surface area (Å²) in [7, 11) is 0. The Labute approximate surface area is 202 Å². The maximum absolute atomic E-state index is 13.1. The molecule has 34 heavy (non-hydrogen) atoms. The van der Waals surface area contributed by atoms with Crippen LogP contribution < -0.4 is 10.2 Å². The number of hydrogen-bond donors (Lipinski definition) is 1. The van der Waals surface area contributed by atoms with Crippen molar-refractivity contribution in [3.05, 3.63) is 76.8 Å². The molecule has 1 aliphatic heterocycles. The smallest absolute Gasteiger partial charge is 0.230 e. The molecule has 1 fully saturated rings. The number of rotatable bonds is 5. The molecule has 1 N–H and O–H groups in total. The maximum atomic E-state index is 13.1. The van der Waals surface area contributed by atoms with Crippen molar-refractivity contribution < 1.29 is 9.59 Å². The van der Waals surface area contributed by atoms with Gasteiger partial charge in [0, 0.05) is 35.7 Å². The molecule has 0 radical (unpaired) electrons. The molecule has 1 saturated heterocycles. The minimum absolute atomic E-state index is 0.0400. The average molecular weight is 472 g/mol. The van der Waals surface area contributed by atoms with E-state index in [1.807, 2.05) is 61.7 Å². The zero-order chi connectivity index (χ0) is 23.8. The lowest BCUT2D eigenvalue weighted by Gasteiger charge is -2.19. The van der Waals surface area contributed by atoms with Crippen molar-refractivity contribution in [2.24, 2.45) is 5.92 Å². The van der Waals surface area contributed by atoms with Gasteiger partial charge in [-0.25, -0.2) is 4.98 Å². The Balaban J connectivity index is 1.35. The molecular weight excluding hydrogens is 446 g/mol. The summed E-state index contributed by atoms with van der Waals surface area (Å²) in [5.74, 6) is -0.119. The van der Waals surface area contributed by atoms with Crippen LogP contribution in [0.4, 0.5) is 11.5 Å². The second-order valence-electron chi connectivity index (χ2n) is 8.65. The Kier molecular flexibility index (Phi) is 5.75. The minimum atomic E-state index is -0.435. The van der Waals surface area contributed by atoms with Gasteiger partial charge in [0.2, 0.25) is 16.9 Å².